The van der Waals surface area contributed by atoms with Crippen molar-refractivity contribution in [3.63, 3.8) is 0 Å². The standard InChI is InChI=1S/C15H16N4/c1-9-6-11(3)19-13(7-9)18-14(15(19)16)12-5-4-10(2)17-8-12/h4-8H,16H2,1-3H3. The zero-order valence-electron chi connectivity index (χ0n) is 11.3. The average molecular weight is 252 g/mol. The molecule has 19 heavy (non-hydrogen) atoms. The van der Waals surface area contributed by atoms with Crippen LogP contribution in [0.4, 0.5) is 5.82 Å². The van der Waals surface area contributed by atoms with Crippen LogP contribution in [0.15, 0.2) is 30.5 Å². The van der Waals surface area contributed by atoms with Crippen molar-refractivity contribution in [2.75, 3.05) is 5.73 Å². The van der Waals surface area contributed by atoms with Gasteiger partial charge in [0.2, 0.25) is 0 Å². The largest absolute Gasteiger partial charge is 0.383 e. The number of anilines is 1. The van der Waals surface area contributed by atoms with Gasteiger partial charge in [0.05, 0.1) is 0 Å². The van der Waals surface area contributed by atoms with E-state index >= 15 is 0 Å². The lowest BCUT2D eigenvalue weighted by atomic mass is 10.2. The Balaban J connectivity index is 2.28. The summed E-state index contributed by atoms with van der Waals surface area (Å²) in [6.07, 6.45) is 1.82. The van der Waals surface area contributed by atoms with Crippen LogP contribution in [0, 0.1) is 20.8 Å². The zero-order valence-corrected chi connectivity index (χ0v) is 11.3. The van der Waals surface area contributed by atoms with Gasteiger partial charge in [-0.15, -0.1) is 0 Å². The molecular formula is C15H16N4. The Bertz CT molecular complexity index is 754. The normalized spacial score (nSPS) is 11.1. The van der Waals surface area contributed by atoms with Crippen LogP contribution in [0.3, 0.4) is 0 Å². The molecule has 0 aliphatic carbocycles. The van der Waals surface area contributed by atoms with Crippen LogP contribution in [-0.2, 0) is 0 Å². The lowest BCUT2D eigenvalue weighted by molar-refractivity contribution is 1.09. The molecule has 4 heteroatoms. The highest BCUT2D eigenvalue weighted by atomic mass is 15.1. The minimum atomic E-state index is 0.665. The second-order valence-electron chi connectivity index (χ2n) is 4.90. The lowest BCUT2D eigenvalue weighted by Gasteiger charge is -2.03. The summed E-state index contributed by atoms with van der Waals surface area (Å²) in [5.41, 5.74) is 12.1. The van der Waals surface area contributed by atoms with E-state index in [4.69, 9.17) is 5.73 Å². The van der Waals surface area contributed by atoms with E-state index < -0.39 is 0 Å². The molecule has 3 aromatic rings. The second kappa shape index (κ2) is 4.09. The Morgan fingerprint density at radius 3 is 2.58 bits per heavy atom. The van der Waals surface area contributed by atoms with E-state index in [1.807, 2.05) is 42.6 Å². The molecule has 3 rings (SSSR count). The van der Waals surface area contributed by atoms with E-state index in [2.05, 4.69) is 23.0 Å². The van der Waals surface area contributed by atoms with Gasteiger partial charge in [0.1, 0.15) is 17.2 Å². The molecule has 0 radical (unpaired) electrons. The molecule has 2 N–H and O–H groups in total. The third-order valence-electron chi connectivity index (χ3n) is 3.27. The van der Waals surface area contributed by atoms with Crippen molar-refractivity contribution in [2.24, 2.45) is 0 Å². The zero-order chi connectivity index (χ0) is 13.6. The third kappa shape index (κ3) is 1.85. The molecule has 0 bridgehead atoms. The monoisotopic (exact) mass is 252 g/mol. The van der Waals surface area contributed by atoms with Gasteiger partial charge in [0, 0.05) is 23.1 Å². The first-order valence-electron chi connectivity index (χ1n) is 6.24. The van der Waals surface area contributed by atoms with E-state index in [-0.39, 0.29) is 0 Å². The number of nitrogens with zero attached hydrogens (tertiary/aromatic N) is 3. The molecular weight excluding hydrogens is 236 g/mol. The highest BCUT2D eigenvalue weighted by molar-refractivity contribution is 5.75. The molecule has 0 aliphatic rings. The first-order valence-corrected chi connectivity index (χ1v) is 6.24. The Labute approximate surface area is 111 Å². The highest BCUT2D eigenvalue weighted by Crippen LogP contribution is 2.27. The third-order valence-corrected chi connectivity index (χ3v) is 3.27. The quantitative estimate of drug-likeness (QED) is 0.724. The number of fused-ring (bicyclic) bond motifs is 1. The van der Waals surface area contributed by atoms with Gasteiger partial charge in [-0.05, 0) is 50.6 Å². The average Bonchev–Trinajstić information content (AvgIpc) is 2.67. The van der Waals surface area contributed by atoms with Crippen LogP contribution in [0.2, 0.25) is 0 Å². The van der Waals surface area contributed by atoms with Gasteiger partial charge in [-0.25, -0.2) is 4.98 Å². The highest BCUT2D eigenvalue weighted by Gasteiger charge is 2.13. The number of nitrogens with two attached hydrogens (primary N) is 1. The summed E-state index contributed by atoms with van der Waals surface area (Å²) < 4.78 is 1.97. The number of pyridine rings is 2. The fraction of sp³-hybridized carbons (Fsp3) is 0.200. The number of aromatic nitrogens is 3. The number of imidazole rings is 1. The summed E-state index contributed by atoms with van der Waals surface area (Å²) >= 11 is 0. The van der Waals surface area contributed by atoms with E-state index in [0.717, 1.165) is 28.3 Å². The van der Waals surface area contributed by atoms with Crippen molar-refractivity contribution in [3.8, 4) is 11.3 Å². The van der Waals surface area contributed by atoms with Crippen molar-refractivity contribution in [1.29, 1.82) is 0 Å². The topological polar surface area (TPSA) is 56.2 Å². The number of aryl methyl sites for hydroxylation is 3. The van der Waals surface area contributed by atoms with Gasteiger partial charge < -0.3 is 5.73 Å². The Morgan fingerprint density at radius 1 is 1.11 bits per heavy atom. The van der Waals surface area contributed by atoms with Crippen molar-refractivity contribution >= 4 is 11.5 Å². The fourth-order valence-electron chi connectivity index (χ4n) is 2.38. The predicted molar refractivity (Wildman–Crippen MR) is 77.0 cm³/mol. The minimum absolute atomic E-state index is 0.665. The molecule has 0 amide bonds. The summed E-state index contributed by atoms with van der Waals surface area (Å²) in [6, 6.07) is 8.11. The van der Waals surface area contributed by atoms with Gasteiger partial charge in [0.15, 0.2) is 0 Å². The van der Waals surface area contributed by atoms with Crippen LogP contribution in [-0.4, -0.2) is 14.4 Å². The van der Waals surface area contributed by atoms with Gasteiger partial charge in [-0.1, -0.05) is 0 Å². The van der Waals surface area contributed by atoms with E-state index in [1.165, 1.54) is 5.56 Å². The van der Waals surface area contributed by atoms with Crippen molar-refractivity contribution in [3.05, 3.63) is 47.4 Å². The van der Waals surface area contributed by atoms with Crippen LogP contribution in [0.25, 0.3) is 16.9 Å². The predicted octanol–water partition coefficient (Wildman–Crippen LogP) is 2.90. The number of nitrogen functional groups attached to an aromatic ring is 1. The Morgan fingerprint density at radius 2 is 1.89 bits per heavy atom. The van der Waals surface area contributed by atoms with Crippen LogP contribution in [0.5, 0.6) is 0 Å². The maximum atomic E-state index is 6.23. The van der Waals surface area contributed by atoms with Gasteiger partial charge >= 0.3 is 0 Å². The second-order valence-corrected chi connectivity index (χ2v) is 4.90. The summed E-state index contributed by atoms with van der Waals surface area (Å²) in [6.45, 7) is 6.06. The van der Waals surface area contributed by atoms with Crippen molar-refractivity contribution in [2.45, 2.75) is 20.8 Å². The summed E-state index contributed by atoms with van der Waals surface area (Å²) in [7, 11) is 0. The maximum Gasteiger partial charge on any atom is 0.139 e. The molecule has 4 nitrogen and oxygen atoms in total. The Kier molecular flexibility index (Phi) is 2.52. The van der Waals surface area contributed by atoms with E-state index in [1.54, 1.807) is 0 Å². The summed E-state index contributed by atoms with van der Waals surface area (Å²) in [5.74, 6) is 0.665. The smallest absolute Gasteiger partial charge is 0.139 e. The van der Waals surface area contributed by atoms with Crippen molar-refractivity contribution < 1.29 is 0 Å². The van der Waals surface area contributed by atoms with Gasteiger partial charge in [-0.3, -0.25) is 9.38 Å². The molecule has 0 aliphatic heterocycles. The van der Waals surface area contributed by atoms with Gasteiger partial charge in [0.25, 0.3) is 0 Å². The molecule has 0 aromatic carbocycles. The van der Waals surface area contributed by atoms with Gasteiger partial charge in [-0.2, -0.15) is 0 Å². The van der Waals surface area contributed by atoms with Crippen LogP contribution in [0.1, 0.15) is 17.0 Å². The molecule has 0 saturated carbocycles. The summed E-state index contributed by atoms with van der Waals surface area (Å²) in [5, 5.41) is 0. The SMILES string of the molecule is Cc1cc(C)n2c(N)c(-c3ccc(C)nc3)nc2c1. The lowest BCUT2D eigenvalue weighted by Crippen LogP contribution is -1.98. The first-order chi connectivity index (χ1) is 9.06. The maximum absolute atomic E-state index is 6.23. The first kappa shape index (κ1) is 11.7. The van der Waals surface area contributed by atoms with Crippen LogP contribution < -0.4 is 5.73 Å². The molecule has 0 atom stereocenters. The molecule has 96 valence electrons. The molecule has 0 saturated heterocycles. The molecule has 0 spiro atoms. The molecule has 0 fully saturated rings. The fourth-order valence-corrected chi connectivity index (χ4v) is 2.38. The Hall–Kier alpha value is -2.36. The van der Waals surface area contributed by atoms with E-state index in [9.17, 15) is 0 Å². The molecule has 3 aromatic heterocycles. The molecule has 0 unspecified atom stereocenters. The van der Waals surface area contributed by atoms with Crippen molar-refractivity contribution in [1.82, 2.24) is 14.4 Å². The number of rotatable bonds is 1. The molecule has 3 heterocycles. The minimum Gasteiger partial charge on any atom is -0.383 e. The van der Waals surface area contributed by atoms with E-state index in [0.29, 0.717) is 5.82 Å². The number of hydrogen-bond acceptors (Lipinski definition) is 3. The summed E-state index contributed by atoms with van der Waals surface area (Å²) in [4.78, 5) is 8.93. The number of hydrogen-bond donors (Lipinski definition) is 1. The van der Waals surface area contributed by atoms with Crippen LogP contribution >= 0.6 is 0 Å².